The lowest BCUT2D eigenvalue weighted by molar-refractivity contribution is 0.0527. The summed E-state index contributed by atoms with van der Waals surface area (Å²) in [6.07, 6.45) is 6.04. The molecule has 0 radical (unpaired) electrons. The summed E-state index contributed by atoms with van der Waals surface area (Å²) in [6.45, 7) is 7.44. The van der Waals surface area contributed by atoms with Crippen LogP contribution >= 0.6 is 34.8 Å². The maximum absolute atomic E-state index is 11.8. The first-order chi connectivity index (χ1) is 20.0. The van der Waals surface area contributed by atoms with Crippen molar-refractivity contribution in [3.05, 3.63) is 46.5 Å². The summed E-state index contributed by atoms with van der Waals surface area (Å²) in [7, 11) is 1.61. The van der Waals surface area contributed by atoms with Crippen molar-refractivity contribution in [1.29, 1.82) is 0 Å². The first kappa shape index (κ1) is 30.8. The van der Waals surface area contributed by atoms with Crippen LogP contribution in [0.4, 0.5) is 4.79 Å². The van der Waals surface area contributed by atoms with Crippen molar-refractivity contribution in [3.63, 3.8) is 0 Å². The molecule has 0 saturated heterocycles. The molecule has 42 heavy (non-hydrogen) atoms. The molecule has 5 rings (SSSR count). The van der Waals surface area contributed by atoms with Gasteiger partial charge in [-0.1, -0.05) is 53.7 Å². The molecule has 2 aromatic carbocycles. The van der Waals surface area contributed by atoms with Gasteiger partial charge in [0, 0.05) is 29.9 Å². The van der Waals surface area contributed by atoms with Gasteiger partial charge in [-0.2, -0.15) is 0 Å². The highest BCUT2D eigenvalue weighted by molar-refractivity contribution is 6.68. The highest BCUT2D eigenvalue weighted by Gasteiger charge is 2.46. The van der Waals surface area contributed by atoms with Gasteiger partial charge in [-0.15, -0.1) is 0 Å². The number of alkyl carbamates (subject to hydrolysis) is 1. The van der Waals surface area contributed by atoms with E-state index in [-0.39, 0.29) is 6.79 Å². The second kappa shape index (κ2) is 12.5. The number of amides is 1. The molecule has 2 aromatic rings. The van der Waals surface area contributed by atoms with E-state index in [0.717, 1.165) is 60.2 Å². The second-order valence-corrected chi connectivity index (χ2v) is 13.9. The monoisotopic (exact) mass is 638 g/mol. The van der Waals surface area contributed by atoms with E-state index in [0.29, 0.717) is 36.9 Å². The van der Waals surface area contributed by atoms with Gasteiger partial charge in [-0.3, -0.25) is 0 Å². The molecule has 1 amide bonds. The Morgan fingerprint density at radius 3 is 2.52 bits per heavy atom. The number of fused-ring (bicyclic) bond motifs is 5. The van der Waals surface area contributed by atoms with Gasteiger partial charge in [0.25, 0.3) is 0 Å². The summed E-state index contributed by atoms with van der Waals surface area (Å²) in [5, 5.41) is 2.80. The van der Waals surface area contributed by atoms with Gasteiger partial charge < -0.3 is 33.9 Å². The van der Waals surface area contributed by atoms with Crippen LogP contribution in [0.5, 0.6) is 23.0 Å². The molecular weight excluding hydrogens is 603 g/mol. The zero-order chi connectivity index (χ0) is 30.1. The van der Waals surface area contributed by atoms with Crippen molar-refractivity contribution >= 4 is 52.7 Å². The maximum atomic E-state index is 11.8. The molecular formula is C31H37Cl3N2O6. The van der Waals surface area contributed by atoms with E-state index in [1.54, 1.807) is 7.11 Å². The highest BCUT2D eigenvalue weighted by Crippen LogP contribution is 2.56. The first-order valence-corrected chi connectivity index (χ1v) is 15.4. The predicted octanol–water partition coefficient (Wildman–Crippen LogP) is 7.67. The molecule has 0 spiro atoms. The van der Waals surface area contributed by atoms with Gasteiger partial charge in [-0.25, -0.2) is 4.79 Å². The fourth-order valence-electron chi connectivity index (χ4n) is 5.59. The van der Waals surface area contributed by atoms with E-state index in [1.165, 1.54) is 5.56 Å². The molecule has 0 bridgehead atoms. The normalized spacial score (nSPS) is 17.1. The number of rotatable bonds is 9. The topological polar surface area (TPSA) is 78.5 Å². The van der Waals surface area contributed by atoms with Crippen LogP contribution in [-0.4, -0.2) is 54.0 Å². The summed E-state index contributed by atoms with van der Waals surface area (Å²) < 4.78 is 27.0. The third-order valence-corrected chi connectivity index (χ3v) is 8.01. The molecule has 0 aliphatic carbocycles. The van der Waals surface area contributed by atoms with Crippen LogP contribution < -0.4 is 24.3 Å². The number of unbranched alkanes of at least 4 members (excludes halogenated alkanes) is 3. The predicted molar refractivity (Wildman–Crippen MR) is 165 cm³/mol. The minimum absolute atomic E-state index is 0.212. The van der Waals surface area contributed by atoms with Gasteiger partial charge in [0.2, 0.25) is 10.6 Å². The largest absolute Gasteiger partial charge is 0.493 e. The lowest BCUT2D eigenvalue weighted by Gasteiger charge is -2.46. The van der Waals surface area contributed by atoms with E-state index in [4.69, 9.17) is 58.5 Å². The number of hydrogen-bond acceptors (Lipinski definition) is 7. The molecule has 3 aliphatic rings. The van der Waals surface area contributed by atoms with Crippen LogP contribution in [0.1, 0.15) is 74.8 Å². The van der Waals surface area contributed by atoms with Crippen molar-refractivity contribution in [1.82, 2.24) is 10.2 Å². The number of benzene rings is 2. The van der Waals surface area contributed by atoms with E-state index < -0.39 is 21.5 Å². The Labute approximate surface area is 262 Å². The Morgan fingerprint density at radius 1 is 1.07 bits per heavy atom. The molecule has 228 valence electrons. The van der Waals surface area contributed by atoms with Crippen LogP contribution in [0.15, 0.2) is 24.3 Å². The Kier molecular flexibility index (Phi) is 9.16. The molecule has 8 nitrogen and oxygen atoms in total. The van der Waals surface area contributed by atoms with Gasteiger partial charge in [0.1, 0.15) is 11.6 Å². The van der Waals surface area contributed by atoms with Crippen LogP contribution in [-0.2, 0) is 11.2 Å². The van der Waals surface area contributed by atoms with E-state index >= 15 is 0 Å². The fraction of sp³-hybridized carbons (Fsp3) is 0.516. The highest BCUT2D eigenvalue weighted by atomic mass is 35.6. The van der Waals surface area contributed by atoms with E-state index in [1.807, 2.05) is 45.0 Å². The Balaban J connectivity index is 1.31. The maximum Gasteiger partial charge on any atom is 0.407 e. The summed E-state index contributed by atoms with van der Waals surface area (Å²) in [6, 6.07) is 7.34. The smallest absolute Gasteiger partial charge is 0.407 e. The van der Waals surface area contributed by atoms with E-state index in [2.05, 4.69) is 16.3 Å². The fourth-order valence-corrected chi connectivity index (χ4v) is 6.27. The molecule has 0 aromatic heterocycles. The molecule has 1 atom stereocenters. The van der Waals surface area contributed by atoms with Gasteiger partial charge in [0.15, 0.2) is 23.0 Å². The van der Waals surface area contributed by atoms with Gasteiger partial charge >= 0.3 is 6.09 Å². The van der Waals surface area contributed by atoms with Gasteiger partial charge in [-0.05, 0) is 75.4 Å². The quantitative estimate of drug-likeness (QED) is 0.223. The van der Waals surface area contributed by atoms with Crippen molar-refractivity contribution < 1.29 is 28.5 Å². The minimum Gasteiger partial charge on any atom is -0.493 e. The standard InChI is InChI=1S/C31H37Cl3N2O6/c1-30(2,3)42-29(37)35-12-7-5-6-8-14-39-27-23(38-4)10-9-20-15-22-21-17-25-24(40-18-41-25)16-19(21)11-13-36(22)28(26(20)27)31(32,33)34/h9-10,15-17,28H,5-8,11-14,18H2,1-4H3,(H,35,37)/t28-/m0/s1. The van der Waals surface area contributed by atoms with Crippen molar-refractivity contribution in [3.8, 4) is 23.0 Å². The second-order valence-electron chi connectivity index (χ2n) is 11.6. The molecule has 11 heteroatoms. The average Bonchev–Trinajstić information content (AvgIpc) is 3.37. The number of nitrogens with one attached hydrogen (secondary N) is 1. The summed E-state index contributed by atoms with van der Waals surface area (Å²) in [5.41, 5.74) is 4.37. The third kappa shape index (κ3) is 6.76. The molecule has 1 N–H and O–H groups in total. The van der Waals surface area contributed by atoms with Crippen LogP contribution in [0.25, 0.3) is 11.8 Å². The summed E-state index contributed by atoms with van der Waals surface area (Å²) in [5.74, 6) is 2.65. The zero-order valence-corrected chi connectivity index (χ0v) is 26.6. The molecule has 0 saturated carbocycles. The summed E-state index contributed by atoms with van der Waals surface area (Å²) in [4.78, 5) is 14.0. The molecule has 3 aliphatic heterocycles. The number of ether oxygens (including phenoxy) is 5. The SMILES string of the molecule is COc1ccc2c(c1OCCCCCCNC(=O)OC(C)(C)C)[C@@H](C(Cl)(Cl)Cl)N1CCc3cc4c(cc3C1=C2)OCO4. The third-order valence-electron chi connectivity index (χ3n) is 7.39. The number of methoxy groups -OCH3 is 1. The molecule has 3 heterocycles. The molecule has 0 fully saturated rings. The lowest BCUT2D eigenvalue weighted by atomic mass is 9.86. The molecule has 0 unspecified atom stereocenters. The number of halogens is 3. The van der Waals surface area contributed by atoms with Crippen LogP contribution in [0.2, 0.25) is 0 Å². The zero-order valence-electron chi connectivity index (χ0n) is 24.4. The van der Waals surface area contributed by atoms with E-state index in [9.17, 15) is 4.79 Å². The number of alkyl halides is 3. The average molecular weight is 640 g/mol. The number of carbonyl (C=O) groups excluding carboxylic acids is 1. The Morgan fingerprint density at radius 2 is 1.81 bits per heavy atom. The van der Waals surface area contributed by atoms with Gasteiger partial charge in [0.05, 0.1) is 13.7 Å². The number of hydrogen-bond donors (Lipinski definition) is 1. The number of carbonyl (C=O) groups is 1. The van der Waals surface area contributed by atoms with Crippen molar-refractivity contribution in [2.75, 3.05) is 33.6 Å². The number of nitrogens with zero attached hydrogens (tertiary/aromatic N) is 1. The van der Waals surface area contributed by atoms with Crippen LogP contribution in [0.3, 0.4) is 0 Å². The Hall–Kier alpha value is -2.68. The summed E-state index contributed by atoms with van der Waals surface area (Å²) >= 11 is 20.2. The lowest BCUT2D eigenvalue weighted by Crippen LogP contribution is -2.41. The first-order valence-electron chi connectivity index (χ1n) is 14.2. The van der Waals surface area contributed by atoms with Crippen molar-refractivity contribution in [2.24, 2.45) is 0 Å². The Bertz CT molecular complexity index is 1350. The van der Waals surface area contributed by atoms with Crippen molar-refractivity contribution in [2.45, 2.75) is 68.3 Å². The van der Waals surface area contributed by atoms with Crippen LogP contribution in [0, 0.1) is 0 Å². The minimum atomic E-state index is -1.65.